The highest BCUT2D eigenvalue weighted by Gasteiger charge is 2.23. The summed E-state index contributed by atoms with van der Waals surface area (Å²) in [6.45, 7) is 11.4. The Labute approximate surface area is 139 Å². The number of aryl methyl sites for hydroxylation is 1. The van der Waals surface area contributed by atoms with Crippen molar-refractivity contribution in [2.75, 3.05) is 11.4 Å². The van der Waals surface area contributed by atoms with Gasteiger partial charge in [-0.25, -0.2) is 0 Å². The molecule has 0 aromatic heterocycles. The molecular weight excluding hydrogens is 278 g/mol. The number of hydrogen-bond acceptors (Lipinski definition) is 1. The van der Waals surface area contributed by atoms with Gasteiger partial charge in [0.15, 0.2) is 0 Å². The smallest absolute Gasteiger partial charge is 0.0490 e. The van der Waals surface area contributed by atoms with Gasteiger partial charge in [0.25, 0.3) is 0 Å². The van der Waals surface area contributed by atoms with E-state index in [-0.39, 0.29) is 0 Å². The number of fused-ring (bicyclic) bond motifs is 1. The van der Waals surface area contributed by atoms with Crippen molar-refractivity contribution in [3.05, 3.63) is 84.0 Å². The van der Waals surface area contributed by atoms with Crippen LogP contribution >= 0.6 is 0 Å². The fraction of sp³-hybridized carbons (Fsp3) is 0.182. The molecule has 1 aliphatic heterocycles. The highest BCUT2D eigenvalue weighted by atomic mass is 15.2. The Kier molecular flexibility index (Phi) is 4.20. The number of benzene rings is 2. The average molecular weight is 301 g/mol. The third kappa shape index (κ3) is 2.87. The van der Waals surface area contributed by atoms with Crippen LogP contribution in [0.2, 0.25) is 0 Å². The SMILES string of the molecule is C=C1CN(c2cccc(C(/C=C\C)=C/C)c2)c2ccc(C)cc21. The normalized spacial score (nSPS) is 14.7. The molecule has 1 aliphatic rings. The monoisotopic (exact) mass is 301 g/mol. The molecule has 2 aromatic carbocycles. The summed E-state index contributed by atoms with van der Waals surface area (Å²) in [5.41, 5.74) is 8.71. The molecule has 0 fully saturated rings. The van der Waals surface area contributed by atoms with Gasteiger partial charge in [-0.15, -0.1) is 0 Å². The molecule has 23 heavy (non-hydrogen) atoms. The second kappa shape index (κ2) is 6.29. The highest BCUT2D eigenvalue weighted by molar-refractivity contribution is 5.90. The lowest BCUT2D eigenvalue weighted by molar-refractivity contribution is 1.16. The zero-order valence-corrected chi connectivity index (χ0v) is 14.1. The second-order valence-corrected chi connectivity index (χ2v) is 6.00. The first-order chi connectivity index (χ1) is 11.1. The van der Waals surface area contributed by atoms with E-state index in [9.17, 15) is 0 Å². The van der Waals surface area contributed by atoms with Gasteiger partial charge >= 0.3 is 0 Å². The van der Waals surface area contributed by atoms with E-state index in [0.717, 1.165) is 6.54 Å². The zero-order valence-electron chi connectivity index (χ0n) is 14.1. The van der Waals surface area contributed by atoms with Crippen LogP contribution in [0.25, 0.3) is 11.1 Å². The third-order valence-corrected chi connectivity index (χ3v) is 4.32. The maximum absolute atomic E-state index is 4.25. The Hall–Kier alpha value is -2.54. The molecule has 0 spiro atoms. The van der Waals surface area contributed by atoms with E-state index in [2.05, 4.69) is 92.9 Å². The predicted octanol–water partition coefficient (Wildman–Crippen LogP) is 6.14. The van der Waals surface area contributed by atoms with Crippen LogP contribution in [-0.4, -0.2) is 6.54 Å². The summed E-state index contributed by atoms with van der Waals surface area (Å²) >= 11 is 0. The first-order valence-electron chi connectivity index (χ1n) is 8.10. The van der Waals surface area contributed by atoms with Crippen LogP contribution in [0, 0.1) is 6.92 Å². The van der Waals surface area contributed by atoms with Crippen molar-refractivity contribution in [1.82, 2.24) is 0 Å². The van der Waals surface area contributed by atoms with Crippen LogP contribution in [0.4, 0.5) is 11.4 Å². The molecule has 0 radical (unpaired) electrons. The standard InChI is InChI=1S/C22H23N/c1-5-8-18(6-2)19-9-7-10-20(14-19)23-15-17(4)21-13-16(3)11-12-22(21)23/h5-14H,4,15H2,1-3H3/b8-5-,18-6+. The van der Waals surface area contributed by atoms with Gasteiger partial charge in [0.1, 0.15) is 0 Å². The summed E-state index contributed by atoms with van der Waals surface area (Å²) < 4.78 is 0. The van der Waals surface area contributed by atoms with Crippen LogP contribution in [0.1, 0.15) is 30.5 Å². The number of hydrogen-bond donors (Lipinski definition) is 0. The van der Waals surface area contributed by atoms with Gasteiger partial charge in [-0.1, -0.05) is 48.6 Å². The van der Waals surface area contributed by atoms with Crippen LogP contribution in [0.3, 0.4) is 0 Å². The molecule has 1 heterocycles. The topological polar surface area (TPSA) is 3.24 Å². The van der Waals surface area contributed by atoms with Crippen molar-refractivity contribution in [3.8, 4) is 0 Å². The first-order valence-corrected chi connectivity index (χ1v) is 8.10. The van der Waals surface area contributed by atoms with E-state index >= 15 is 0 Å². The van der Waals surface area contributed by atoms with E-state index in [4.69, 9.17) is 0 Å². The molecule has 0 saturated carbocycles. The summed E-state index contributed by atoms with van der Waals surface area (Å²) in [6, 6.07) is 15.3. The number of nitrogens with zero attached hydrogens (tertiary/aromatic N) is 1. The largest absolute Gasteiger partial charge is 0.336 e. The van der Waals surface area contributed by atoms with Gasteiger partial charge in [0, 0.05) is 23.5 Å². The predicted molar refractivity (Wildman–Crippen MR) is 102 cm³/mol. The van der Waals surface area contributed by atoms with Crippen molar-refractivity contribution in [1.29, 1.82) is 0 Å². The fourth-order valence-corrected chi connectivity index (χ4v) is 3.15. The number of rotatable bonds is 3. The summed E-state index contributed by atoms with van der Waals surface area (Å²) in [6.07, 6.45) is 6.39. The lowest BCUT2D eigenvalue weighted by Gasteiger charge is -2.20. The molecule has 1 nitrogen and oxygen atoms in total. The summed E-state index contributed by atoms with van der Waals surface area (Å²) in [4.78, 5) is 2.35. The Morgan fingerprint density at radius 1 is 1.13 bits per heavy atom. The lowest BCUT2D eigenvalue weighted by Crippen LogP contribution is -2.12. The highest BCUT2D eigenvalue weighted by Crippen LogP contribution is 2.40. The van der Waals surface area contributed by atoms with Crippen molar-refractivity contribution in [2.45, 2.75) is 20.8 Å². The summed E-state index contributed by atoms with van der Waals surface area (Å²) in [5.74, 6) is 0. The van der Waals surface area contributed by atoms with E-state index in [1.807, 2.05) is 0 Å². The molecule has 0 atom stereocenters. The quantitative estimate of drug-likeness (QED) is 0.615. The van der Waals surface area contributed by atoms with Gasteiger partial charge in [-0.2, -0.15) is 0 Å². The number of allylic oxidation sites excluding steroid dienone is 4. The minimum Gasteiger partial charge on any atom is -0.336 e. The van der Waals surface area contributed by atoms with Gasteiger partial charge < -0.3 is 4.90 Å². The van der Waals surface area contributed by atoms with E-state index < -0.39 is 0 Å². The molecule has 0 aliphatic carbocycles. The first kappa shape index (κ1) is 15.4. The molecule has 0 N–H and O–H groups in total. The van der Waals surface area contributed by atoms with Gasteiger partial charge in [-0.05, 0) is 61.7 Å². The molecule has 2 aromatic rings. The lowest BCUT2D eigenvalue weighted by atomic mass is 10.0. The Balaban J connectivity index is 2.03. The second-order valence-electron chi connectivity index (χ2n) is 6.00. The zero-order chi connectivity index (χ0) is 16.4. The van der Waals surface area contributed by atoms with E-state index in [0.29, 0.717) is 0 Å². The average Bonchev–Trinajstić information content (AvgIpc) is 2.89. The Morgan fingerprint density at radius 2 is 1.96 bits per heavy atom. The van der Waals surface area contributed by atoms with Crippen molar-refractivity contribution < 1.29 is 0 Å². The molecular formula is C22H23N. The van der Waals surface area contributed by atoms with E-state index in [1.54, 1.807) is 0 Å². The van der Waals surface area contributed by atoms with E-state index in [1.165, 1.54) is 39.2 Å². The van der Waals surface area contributed by atoms with Crippen LogP contribution in [-0.2, 0) is 0 Å². The van der Waals surface area contributed by atoms with Crippen LogP contribution in [0.5, 0.6) is 0 Å². The molecule has 1 heteroatoms. The van der Waals surface area contributed by atoms with Crippen molar-refractivity contribution in [2.24, 2.45) is 0 Å². The molecule has 0 saturated heterocycles. The molecule has 0 amide bonds. The van der Waals surface area contributed by atoms with Gasteiger partial charge in [0.2, 0.25) is 0 Å². The van der Waals surface area contributed by atoms with Crippen LogP contribution < -0.4 is 4.90 Å². The Bertz CT molecular complexity index is 808. The van der Waals surface area contributed by atoms with Gasteiger partial charge in [0.05, 0.1) is 0 Å². The molecule has 3 rings (SSSR count). The minimum absolute atomic E-state index is 0.858. The third-order valence-electron chi connectivity index (χ3n) is 4.32. The maximum Gasteiger partial charge on any atom is 0.0490 e. The van der Waals surface area contributed by atoms with Gasteiger partial charge in [-0.3, -0.25) is 0 Å². The summed E-state index contributed by atoms with van der Waals surface area (Å²) in [5, 5.41) is 0. The van der Waals surface area contributed by atoms with Crippen LogP contribution in [0.15, 0.2) is 67.3 Å². The van der Waals surface area contributed by atoms with Crippen molar-refractivity contribution >= 4 is 22.5 Å². The minimum atomic E-state index is 0.858. The maximum atomic E-state index is 4.25. The number of anilines is 2. The molecule has 0 bridgehead atoms. The Morgan fingerprint density at radius 3 is 2.70 bits per heavy atom. The fourth-order valence-electron chi connectivity index (χ4n) is 3.15. The van der Waals surface area contributed by atoms with Crippen molar-refractivity contribution in [3.63, 3.8) is 0 Å². The molecule has 116 valence electrons. The summed E-state index contributed by atoms with van der Waals surface area (Å²) in [7, 11) is 0. The molecule has 0 unspecified atom stereocenters.